The molecule has 2 aromatic carbocycles. The number of benzene rings is 2. The van der Waals surface area contributed by atoms with Crippen molar-refractivity contribution < 1.29 is 23.5 Å². The number of para-hydroxylation sites is 1. The van der Waals surface area contributed by atoms with Crippen LogP contribution >= 0.6 is 0 Å². The summed E-state index contributed by atoms with van der Waals surface area (Å²) < 4.78 is 10.5. The molecule has 0 aliphatic rings. The lowest BCUT2D eigenvalue weighted by Crippen LogP contribution is -2.30. The van der Waals surface area contributed by atoms with Crippen LogP contribution in [0.4, 0.5) is 5.69 Å². The molecule has 0 fully saturated rings. The minimum absolute atomic E-state index is 0.121. The first-order valence-electron chi connectivity index (χ1n) is 9.63. The number of hydrogen-bond acceptors (Lipinski definition) is 5. The van der Waals surface area contributed by atoms with Crippen molar-refractivity contribution in [3.63, 3.8) is 0 Å². The van der Waals surface area contributed by atoms with E-state index in [-0.39, 0.29) is 36.4 Å². The fourth-order valence-corrected chi connectivity index (χ4v) is 3.12. The van der Waals surface area contributed by atoms with Gasteiger partial charge in [-0.3, -0.25) is 9.59 Å². The van der Waals surface area contributed by atoms with Crippen LogP contribution in [0.3, 0.4) is 0 Å². The number of furan rings is 2. The number of carbonyl (C=O) groups excluding carboxylic acids is 2. The zero-order chi connectivity index (χ0) is 21.6. The molecular weight excluding hydrogens is 396 g/mol. The van der Waals surface area contributed by atoms with Gasteiger partial charge in [0.2, 0.25) is 0 Å². The topological polar surface area (TPSA) is 95.9 Å². The molecule has 0 bridgehead atoms. The maximum absolute atomic E-state index is 13.2. The number of nitrogens with one attached hydrogen (secondary N) is 1. The molecule has 2 heterocycles. The van der Waals surface area contributed by atoms with Crippen LogP contribution in [0.25, 0.3) is 0 Å². The quantitative estimate of drug-likeness (QED) is 0.456. The van der Waals surface area contributed by atoms with Gasteiger partial charge >= 0.3 is 0 Å². The number of nitrogens with zero attached hydrogens (tertiary/aromatic N) is 1. The fourth-order valence-electron chi connectivity index (χ4n) is 3.12. The average molecular weight is 416 g/mol. The molecule has 0 aliphatic heterocycles. The summed E-state index contributed by atoms with van der Waals surface area (Å²) in [5.41, 5.74) is 1.61. The lowest BCUT2D eigenvalue weighted by atomic mass is 10.1. The van der Waals surface area contributed by atoms with Gasteiger partial charge in [0.05, 0.1) is 25.6 Å². The highest BCUT2D eigenvalue weighted by Crippen LogP contribution is 2.21. The van der Waals surface area contributed by atoms with E-state index in [1.165, 1.54) is 6.26 Å². The maximum atomic E-state index is 13.2. The van der Waals surface area contributed by atoms with Crippen molar-refractivity contribution in [2.24, 2.45) is 0 Å². The molecule has 31 heavy (non-hydrogen) atoms. The Balaban J connectivity index is 1.51. The summed E-state index contributed by atoms with van der Waals surface area (Å²) in [7, 11) is 0. The number of hydrogen-bond donors (Lipinski definition) is 2. The second kappa shape index (κ2) is 9.04. The third-order valence-electron chi connectivity index (χ3n) is 4.70. The van der Waals surface area contributed by atoms with Crippen LogP contribution in [0.1, 0.15) is 32.2 Å². The molecule has 0 spiro atoms. The molecule has 0 aliphatic carbocycles. The first-order chi connectivity index (χ1) is 15.1. The molecule has 0 saturated carbocycles. The third kappa shape index (κ3) is 4.84. The molecule has 2 N–H and O–H groups in total. The monoisotopic (exact) mass is 416 g/mol. The van der Waals surface area contributed by atoms with Gasteiger partial charge in [-0.25, -0.2) is 0 Å². The molecule has 0 atom stereocenters. The summed E-state index contributed by atoms with van der Waals surface area (Å²) in [5, 5.41) is 12.8. The Labute approximate surface area is 178 Å². The van der Waals surface area contributed by atoms with E-state index in [1.807, 2.05) is 0 Å². The summed E-state index contributed by atoms with van der Waals surface area (Å²) in [6.45, 7) is 0.459. The molecule has 0 unspecified atom stereocenters. The van der Waals surface area contributed by atoms with E-state index in [2.05, 4.69) is 5.32 Å². The molecule has 2 amide bonds. The number of aromatic hydroxyl groups is 1. The second-order valence-corrected chi connectivity index (χ2v) is 6.88. The van der Waals surface area contributed by atoms with Crippen LogP contribution < -0.4 is 5.32 Å². The molecule has 156 valence electrons. The van der Waals surface area contributed by atoms with E-state index >= 15 is 0 Å². The van der Waals surface area contributed by atoms with Crippen LogP contribution in [0.15, 0.2) is 94.2 Å². The Morgan fingerprint density at radius 3 is 2.26 bits per heavy atom. The normalized spacial score (nSPS) is 10.6. The number of anilines is 1. The zero-order valence-corrected chi connectivity index (χ0v) is 16.5. The van der Waals surface area contributed by atoms with E-state index in [1.54, 1.807) is 84.0 Å². The van der Waals surface area contributed by atoms with Crippen LogP contribution in [0.5, 0.6) is 5.75 Å². The Hall–Kier alpha value is -4.26. The molecule has 7 heteroatoms. The Bertz CT molecular complexity index is 1150. The van der Waals surface area contributed by atoms with Crippen molar-refractivity contribution in [2.45, 2.75) is 13.1 Å². The lowest BCUT2D eigenvalue weighted by molar-refractivity contribution is 0.0716. The molecule has 0 radical (unpaired) electrons. The molecule has 4 rings (SSSR count). The van der Waals surface area contributed by atoms with Crippen molar-refractivity contribution in [3.8, 4) is 5.75 Å². The number of phenols is 1. The third-order valence-corrected chi connectivity index (χ3v) is 4.70. The Kier molecular flexibility index (Phi) is 5.84. The van der Waals surface area contributed by atoms with Gasteiger partial charge in [-0.2, -0.15) is 0 Å². The SMILES string of the molecule is O=C(Nc1ccc(C(=O)N(Cc2ccco2)Cc2ccccc2O)cc1)c1ccco1. The first-order valence-corrected chi connectivity index (χ1v) is 9.63. The van der Waals surface area contributed by atoms with Gasteiger partial charge in [-0.15, -0.1) is 0 Å². The highest BCUT2D eigenvalue weighted by molar-refractivity contribution is 6.02. The Morgan fingerprint density at radius 1 is 0.839 bits per heavy atom. The first kappa shape index (κ1) is 20.0. The predicted molar refractivity (Wildman–Crippen MR) is 113 cm³/mol. The minimum atomic E-state index is -0.372. The standard InChI is InChI=1S/C24H20N2O5/c27-21-7-2-1-5-18(21)15-26(16-20-6-3-13-30-20)24(29)17-9-11-19(12-10-17)25-23(28)22-8-4-14-31-22/h1-14,27H,15-16H2,(H,25,28). The summed E-state index contributed by atoms with van der Waals surface area (Å²) in [5.74, 6) is 0.348. The molecule has 2 aromatic heterocycles. The highest BCUT2D eigenvalue weighted by atomic mass is 16.3. The summed E-state index contributed by atoms with van der Waals surface area (Å²) in [6, 6.07) is 20.2. The van der Waals surface area contributed by atoms with E-state index in [4.69, 9.17) is 8.83 Å². The number of phenolic OH excluding ortho intramolecular Hbond substituents is 1. The van der Waals surface area contributed by atoms with E-state index in [9.17, 15) is 14.7 Å². The fraction of sp³-hybridized carbons (Fsp3) is 0.0833. The van der Waals surface area contributed by atoms with Crippen molar-refractivity contribution in [1.29, 1.82) is 0 Å². The van der Waals surface area contributed by atoms with Gasteiger partial charge in [0, 0.05) is 16.8 Å². The maximum Gasteiger partial charge on any atom is 0.291 e. The van der Waals surface area contributed by atoms with E-state index in [0.717, 1.165) is 0 Å². The zero-order valence-electron chi connectivity index (χ0n) is 16.5. The van der Waals surface area contributed by atoms with Gasteiger partial charge in [-0.1, -0.05) is 18.2 Å². The highest BCUT2D eigenvalue weighted by Gasteiger charge is 2.19. The van der Waals surface area contributed by atoms with E-state index in [0.29, 0.717) is 22.6 Å². The van der Waals surface area contributed by atoms with E-state index < -0.39 is 0 Å². The van der Waals surface area contributed by atoms with Crippen LogP contribution in [-0.2, 0) is 13.1 Å². The average Bonchev–Trinajstić information content (AvgIpc) is 3.49. The minimum Gasteiger partial charge on any atom is -0.508 e. The Morgan fingerprint density at radius 2 is 1.58 bits per heavy atom. The van der Waals surface area contributed by atoms with Gasteiger partial charge in [0.1, 0.15) is 11.5 Å². The molecule has 0 saturated heterocycles. The van der Waals surface area contributed by atoms with Crippen LogP contribution in [-0.4, -0.2) is 21.8 Å². The lowest BCUT2D eigenvalue weighted by Gasteiger charge is -2.22. The molecule has 4 aromatic rings. The van der Waals surface area contributed by atoms with Gasteiger partial charge in [-0.05, 0) is 54.6 Å². The number of amides is 2. The van der Waals surface area contributed by atoms with Crippen molar-refractivity contribution in [3.05, 3.63) is 108 Å². The van der Waals surface area contributed by atoms with Gasteiger partial charge in [0.15, 0.2) is 5.76 Å². The smallest absolute Gasteiger partial charge is 0.291 e. The van der Waals surface area contributed by atoms with Crippen LogP contribution in [0.2, 0.25) is 0 Å². The van der Waals surface area contributed by atoms with Crippen molar-refractivity contribution in [1.82, 2.24) is 4.90 Å². The molecular formula is C24H20N2O5. The van der Waals surface area contributed by atoms with Crippen LogP contribution in [0, 0.1) is 0 Å². The second-order valence-electron chi connectivity index (χ2n) is 6.88. The summed E-state index contributed by atoms with van der Waals surface area (Å²) in [6.07, 6.45) is 2.98. The predicted octanol–water partition coefficient (Wildman–Crippen LogP) is 4.67. The summed E-state index contributed by atoms with van der Waals surface area (Å²) >= 11 is 0. The molecule has 7 nitrogen and oxygen atoms in total. The number of carbonyl (C=O) groups is 2. The summed E-state index contributed by atoms with van der Waals surface area (Å²) in [4.78, 5) is 26.9. The van der Waals surface area contributed by atoms with Gasteiger partial charge in [0.25, 0.3) is 11.8 Å². The van der Waals surface area contributed by atoms with Crippen molar-refractivity contribution >= 4 is 17.5 Å². The number of rotatable bonds is 7. The largest absolute Gasteiger partial charge is 0.508 e. The van der Waals surface area contributed by atoms with Crippen molar-refractivity contribution in [2.75, 3.05) is 5.32 Å². The van der Waals surface area contributed by atoms with Gasteiger partial charge < -0.3 is 24.2 Å².